The van der Waals surface area contributed by atoms with Crippen molar-refractivity contribution in [2.75, 3.05) is 0 Å². The minimum Gasteiger partial charge on any atom is -0.445 e. The third-order valence-electron chi connectivity index (χ3n) is 3.33. The quantitative estimate of drug-likeness (QED) is 0.767. The predicted octanol–water partition coefficient (Wildman–Crippen LogP) is 1.19. The van der Waals surface area contributed by atoms with E-state index < -0.39 is 24.3 Å². The molecule has 0 aliphatic heterocycles. The van der Waals surface area contributed by atoms with Crippen LogP contribution in [-0.4, -0.2) is 34.6 Å². The van der Waals surface area contributed by atoms with Gasteiger partial charge in [0, 0.05) is 0 Å². The van der Waals surface area contributed by atoms with Crippen LogP contribution in [0.5, 0.6) is 0 Å². The highest BCUT2D eigenvalue weighted by Crippen LogP contribution is 2.19. The van der Waals surface area contributed by atoms with Gasteiger partial charge in [-0.15, -0.1) is 0 Å². The lowest BCUT2D eigenvalue weighted by Gasteiger charge is -2.32. The summed E-state index contributed by atoms with van der Waals surface area (Å²) in [4.78, 5) is 11.6. The maximum atomic E-state index is 11.6. The fourth-order valence-electron chi connectivity index (χ4n) is 2.24. The lowest BCUT2D eigenvalue weighted by molar-refractivity contribution is 0.000187. The zero-order valence-corrected chi connectivity index (χ0v) is 10.7. The van der Waals surface area contributed by atoms with E-state index in [0.717, 1.165) is 12.0 Å². The van der Waals surface area contributed by atoms with E-state index in [1.807, 2.05) is 30.3 Å². The van der Waals surface area contributed by atoms with Crippen molar-refractivity contribution in [2.45, 2.75) is 44.1 Å². The van der Waals surface area contributed by atoms with E-state index in [0.29, 0.717) is 12.8 Å². The summed E-state index contributed by atoms with van der Waals surface area (Å²) < 4.78 is 5.06. The number of rotatable bonds is 3. The molecule has 0 heterocycles. The summed E-state index contributed by atoms with van der Waals surface area (Å²) in [5, 5.41) is 22.0. The van der Waals surface area contributed by atoms with Crippen LogP contribution in [-0.2, 0) is 11.3 Å². The van der Waals surface area contributed by atoms with Gasteiger partial charge in [-0.3, -0.25) is 0 Å². The lowest BCUT2D eigenvalue weighted by Crippen LogP contribution is -2.53. The summed E-state index contributed by atoms with van der Waals surface area (Å²) in [5.74, 6) is 0. The Balaban J connectivity index is 1.80. The highest BCUT2D eigenvalue weighted by molar-refractivity contribution is 5.67. The van der Waals surface area contributed by atoms with Crippen LogP contribution in [0, 0.1) is 0 Å². The number of alkyl carbamates (subject to hydrolysis) is 1. The molecule has 0 bridgehead atoms. The Morgan fingerprint density at radius 3 is 2.47 bits per heavy atom. The average Bonchev–Trinajstić information content (AvgIpc) is 2.42. The largest absolute Gasteiger partial charge is 0.445 e. The molecule has 0 aromatic heterocycles. The topological polar surface area (TPSA) is 78.8 Å². The van der Waals surface area contributed by atoms with Gasteiger partial charge in [0.15, 0.2) is 0 Å². The molecule has 19 heavy (non-hydrogen) atoms. The zero-order valence-electron chi connectivity index (χ0n) is 10.7. The van der Waals surface area contributed by atoms with E-state index in [-0.39, 0.29) is 6.61 Å². The second-order valence-corrected chi connectivity index (χ2v) is 4.80. The molecule has 1 saturated carbocycles. The molecule has 1 fully saturated rings. The molecule has 3 N–H and O–H groups in total. The van der Waals surface area contributed by atoms with E-state index in [2.05, 4.69) is 5.32 Å². The van der Waals surface area contributed by atoms with Crippen molar-refractivity contribution in [2.24, 2.45) is 0 Å². The van der Waals surface area contributed by atoms with Gasteiger partial charge in [0.1, 0.15) is 6.61 Å². The molecule has 1 aromatic rings. The first-order valence-corrected chi connectivity index (χ1v) is 6.50. The molecule has 2 rings (SSSR count). The molecular formula is C14H19NO4. The summed E-state index contributed by atoms with van der Waals surface area (Å²) in [6, 6.07) is 8.70. The number of aliphatic hydroxyl groups excluding tert-OH is 2. The van der Waals surface area contributed by atoms with Crippen LogP contribution in [0.15, 0.2) is 30.3 Å². The van der Waals surface area contributed by atoms with Crippen molar-refractivity contribution in [1.82, 2.24) is 5.32 Å². The molecule has 0 spiro atoms. The van der Waals surface area contributed by atoms with E-state index in [1.165, 1.54) is 0 Å². The molecule has 3 atom stereocenters. The van der Waals surface area contributed by atoms with Crippen LogP contribution in [0.4, 0.5) is 4.79 Å². The maximum absolute atomic E-state index is 11.6. The molecule has 1 aliphatic rings. The number of carbonyl (C=O) groups excluding carboxylic acids is 1. The van der Waals surface area contributed by atoms with Crippen LogP contribution in [0.2, 0.25) is 0 Å². The van der Waals surface area contributed by atoms with Crippen molar-refractivity contribution >= 4 is 6.09 Å². The Kier molecular flexibility index (Phi) is 4.76. The minimum absolute atomic E-state index is 0.172. The maximum Gasteiger partial charge on any atom is 0.407 e. The molecule has 1 aliphatic carbocycles. The Bertz CT molecular complexity index is 399. The van der Waals surface area contributed by atoms with Gasteiger partial charge in [-0.05, 0) is 24.8 Å². The van der Waals surface area contributed by atoms with Gasteiger partial charge in [-0.2, -0.15) is 0 Å². The summed E-state index contributed by atoms with van der Waals surface area (Å²) in [5.41, 5.74) is 0.891. The van der Waals surface area contributed by atoms with Crippen molar-refractivity contribution < 1.29 is 19.7 Å². The molecule has 104 valence electrons. The van der Waals surface area contributed by atoms with Crippen LogP contribution in [0.25, 0.3) is 0 Å². The fraction of sp³-hybridized carbons (Fsp3) is 0.500. The highest BCUT2D eigenvalue weighted by atomic mass is 16.5. The normalized spacial score (nSPS) is 26.7. The van der Waals surface area contributed by atoms with Gasteiger partial charge in [0.2, 0.25) is 0 Å². The van der Waals surface area contributed by atoms with Gasteiger partial charge in [-0.1, -0.05) is 30.3 Å². The zero-order chi connectivity index (χ0) is 13.7. The number of hydrogen-bond acceptors (Lipinski definition) is 4. The van der Waals surface area contributed by atoms with Gasteiger partial charge in [0.25, 0.3) is 0 Å². The fourth-order valence-corrected chi connectivity index (χ4v) is 2.24. The minimum atomic E-state index is -0.715. The van der Waals surface area contributed by atoms with Gasteiger partial charge < -0.3 is 20.3 Å². The van der Waals surface area contributed by atoms with E-state index in [1.54, 1.807) is 0 Å². The van der Waals surface area contributed by atoms with E-state index in [9.17, 15) is 15.0 Å². The van der Waals surface area contributed by atoms with Gasteiger partial charge in [0.05, 0.1) is 18.2 Å². The number of aliphatic hydroxyl groups is 2. The first kappa shape index (κ1) is 13.8. The van der Waals surface area contributed by atoms with Crippen molar-refractivity contribution in [1.29, 1.82) is 0 Å². The number of hydrogen-bond donors (Lipinski definition) is 3. The molecular weight excluding hydrogens is 246 g/mol. The molecule has 5 heteroatoms. The number of benzene rings is 1. The van der Waals surface area contributed by atoms with Crippen LogP contribution in [0.3, 0.4) is 0 Å². The molecule has 0 saturated heterocycles. The Morgan fingerprint density at radius 1 is 1.21 bits per heavy atom. The number of ether oxygens (including phenoxy) is 1. The van der Waals surface area contributed by atoms with E-state index >= 15 is 0 Å². The molecule has 1 aromatic carbocycles. The number of amides is 1. The van der Waals surface area contributed by atoms with Crippen LogP contribution < -0.4 is 5.32 Å². The van der Waals surface area contributed by atoms with Crippen molar-refractivity contribution in [3.8, 4) is 0 Å². The number of nitrogens with one attached hydrogen (secondary N) is 1. The van der Waals surface area contributed by atoms with Crippen LogP contribution in [0.1, 0.15) is 24.8 Å². The standard InChI is InChI=1S/C14H19NO4/c16-11-7-4-8-12(17)13(11)15-14(18)19-9-10-5-2-1-3-6-10/h1-3,5-6,11-13,16-17H,4,7-9H2,(H,15,18)/t11-,12+,13?. The summed E-state index contributed by atoms with van der Waals surface area (Å²) >= 11 is 0. The summed E-state index contributed by atoms with van der Waals surface area (Å²) in [6.45, 7) is 0.172. The number of carbonyl (C=O) groups is 1. The van der Waals surface area contributed by atoms with Gasteiger partial charge >= 0.3 is 6.09 Å². The summed E-state index contributed by atoms with van der Waals surface area (Å²) in [6.07, 6.45) is -0.115. The lowest BCUT2D eigenvalue weighted by atomic mass is 9.90. The summed E-state index contributed by atoms with van der Waals surface area (Å²) in [7, 11) is 0. The van der Waals surface area contributed by atoms with Crippen LogP contribution >= 0.6 is 0 Å². The molecule has 1 amide bonds. The monoisotopic (exact) mass is 265 g/mol. The molecule has 0 radical (unpaired) electrons. The van der Waals surface area contributed by atoms with Crippen molar-refractivity contribution in [3.63, 3.8) is 0 Å². The second kappa shape index (κ2) is 6.54. The second-order valence-electron chi connectivity index (χ2n) is 4.80. The first-order valence-electron chi connectivity index (χ1n) is 6.50. The third kappa shape index (κ3) is 3.94. The Hall–Kier alpha value is -1.59. The molecule has 1 unspecified atom stereocenters. The third-order valence-corrected chi connectivity index (χ3v) is 3.33. The molecule has 5 nitrogen and oxygen atoms in total. The Labute approximate surface area is 112 Å². The van der Waals surface area contributed by atoms with Gasteiger partial charge in [-0.25, -0.2) is 4.79 Å². The average molecular weight is 265 g/mol. The van der Waals surface area contributed by atoms with Crippen molar-refractivity contribution in [3.05, 3.63) is 35.9 Å². The first-order chi connectivity index (χ1) is 9.16. The smallest absolute Gasteiger partial charge is 0.407 e. The Morgan fingerprint density at radius 2 is 1.84 bits per heavy atom. The van der Waals surface area contributed by atoms with E-state index in [4.69, 9.17) is 4.74 Å². The SMILES string of the molecule is O=C(NC1[C@H](O)CCC[C@@H]1O)OCc1ccccc1. The predicted molar refractivity (Wildman–Crippen MR) is 69.4 cm³/mol. The highest BCUT2D eigenvalue weighted by Gasteiger charge is 2.32.